The van der Waals surface area contributed by atoms with E-state index in [0.29, 0.717) is 40.4 Å². The van der Waals surface area contributed by atoms with Gasteiger partial charge in [0.1, 0.15) is 11.6 Å². The Hall–Kier alpha value is -3.12. The first-order valence-electron chi connectivity index (χ1n) is 9.96. The first kappa shape index (κ1) is 21.1. The molecule has 0 aromatic heterocycles. The summed E-state index contributed by atoms with van der Waals surface area (Å²) >= 11 is 6.21. The predicted octanol–water partition coefficient (Wildman–Crippen LogP) is 4.38. The molecule has 0 saturated heterocycles. The number of hydrogen-bond acceptors (Lipinski definition) is 4. The number of primary amides is 1. The summed E-state index contributed by atoms with van der Waals surface area (Å²) in [5, 5.41) is 0.488. The van der Waals surface area contributed by atoms with Gasteiger partial charge in [-0.25, -0.2) is 4.39 Å². The number of rotatable bonds is 3. The normalized spacial score (nSPS) is 20.7. The van der Waals surface area contributed by atoms with E-state index in [9.17, 15) is 14.0 Å². The van der Waals surface area contributed by atoms with Gasteiger partial charge >= 0.3 is 0 Å². The van der Waals surface area contributed by atoms with Crippen LogP contribution < -0.4 is 16.4 Å². The second-order valence-electron chi connectivity index (χ2n) is 8.77. The third kappa shape index (κ3) is 3.72. The Bertz CT molecular complexity index is 1170. The van der Waals surface area contributed by atoms with Gasteiger partial charge in [0.2, 0.25) is 5.91 Å². The molecule has 7 heteroatoms. The molecule has 1 aliphatic heterocycles. The Balaban J connectivity index is 2.04. The van der Waals surface area contributed by atoms with Gasteiger partial charge in [-0.05, 0) is 47.7 Å². The molecule has 0 spiro atoms. The molecule has 5 nitrogen and oxygen atoms in total. The van der Waals surface area contributed by atoms with E-state index in [1.807, 2.05) is 13.8 Å². The number of anilines is 1. The summed E-state index contributed by atoms with van der Waals surface area (Å²) in [4.78, 5) is 27.7. The lowest BCUT2D eigenvalue weighted by atomic mass is 9.68. The lowest BCUT2D eigenvalue weighted by Gasteiger charge is -2.44. The van der Waals surface area contributed by atoms with Gasteiger partial charge in [0.05, 0.1) is 5.57 Å². The summed E-state index contributed by atoms with van der Waals surface area (Å²) in [5.41, 5.74) is 14.2. The van der Waals surface area contributed by atoms with Gasteiger partial charge in [-0.1, -0.05) is 43.6 Å². The number of nitrogens with zero attached hydrogens (tertiary/aromatic N) is 1. The molecule has 2 aromatic carbocycles. The maximum Gasteiger partial charge on any atom is 0.249 e. The molecule has 1 atom stereocenters. The number of carbonyl (C=O) groups excluding carboxylic acids is 2. The molecule has 0 radical (unpaired) electrons. The Morgan fingerprint density at radius 1 is 1.16 bits per heavy atom. The van der Waals surface area contributed by atoms with Gasteiger partial charge in [0.15, 0.2) is 5.78 Å². The third-order valence-corrected chi connectivity index (χ3v) is 6.01. The molecule has 0 bridgehead atoms. The lowest BCUT2D eigenvalue weighted by molar-refractivity contribution is -0.118. The van der Waals surface area contributed by atoms with Crippen molar-refractivity contribution < 1.29 is 14.0 Å². The van der Waals surface area contributed by atoms with E-state index in [2.05, 4.69) is 0 Å². The highest BCUT2D eigenvalue weighted by molar-refractivity contribution is 6.30. The number of Topliss-reactive ketones (excluding diaryl/α,β-unsaturated/α-hetero) is 1. The summed E-state index contributed by atoms with van der Waals surface area (Å²) in [6.07, 6.45) is 0.839. The van der Waals surface area contributed by atoms with Gasteiger partial charge in [0, 0.05) is 34.3 Å². The van der Waals surface area contributed by atoms with Gasteiger partial charge in [0.25, 0.3) is 0 Å². The number of benzene rings is 2. The van der Waals surface area contributed by atoms with Gasteiger partial charge in [-0.2, -0.15) is 0 Å². The molecule has 2 aliphatic rings. The first-order valence-corrected chi connectivity index (χ1v) is 10.3. The zero-order valence-corrected chi connectivity index (χ0v) is 18.0. The van der Waals surface area contributed by atoms with E-state index in [0.717, 1.165) is 0 Å². The van der Waals surface area contributed by atoms with E-state index < -0.39 is 17.6 Å². The van der Waals surface area contributed by atoms with Gasteiger partial charge in [-0.15, -0.1) is 0 Å². The lowest BCUT2D eigenvalue weighted by Crippen LogP contribution is -2.44. The first-order chi connectivity index (χ1) is 14.6. The number of allylic oxidation sites excluding steroid dienone is 2. The topological polar surface area (TPSA) is 89.4 Å². The number of nitrogens with two attached hydrogens (primary N) is 2. The van der Waals surface area contributed by atoms with Crippen LogP contribution in [-0.2, 0) is 9.59 Å². The number of ketones is 1. The molecular weight excluding hydrogens is 417 g/mol. The minimum absolute atomic E-state index is 0.0670. The second kappa shape index (κ2) is 7.54. The summed E-state index contributed by atoms with van der Waals surface area (Å²) in [7, 11) is 0. The van der Waals surface area contributed by atoms with Crippen LogP contribution in [0.2, 0.25) is 5.02 Å². The number of amides is 1. The van der Waals surface area contributed by atoms with Crippen molar-refractivity contribution in [3.63, 3.8) is 0 Å². The second-order valence-corrected chi connectivity index (χ2v) is 9.20. The highest BCUT2D eigenvalue weighted by Gasteiger charge is 2.45. The standard InChI is InChI=1S/C24H23ClFN3O2/c1-24(2)11-17-20(18(30)12-24)19(13-5-3-7-15(26)9-13)21(23(28)31)22(27)29(17)16-8-4-6-14(25)10-16/h3-10,19H,11-12,27H2,1-2H3,(H2,28,31). The third-order valence-electron chi connectivity index (χ3n) is 5.77. The van der Waals surface area contributed by atoms with Crippen molar-refractivity contribution >= 4 is 29.0 Å². The van der Waals surface area contributed by atoms with Crippen molar-refractivity contribution in [2.45, 2.75) is 32.6 Å². The molecule has 31 heavy (non-hydrogen) atoms. The van der Waals surface area contributed by atoms with Crippen LogP contribution in [0.1, 0.15) is 38.2 Å². The van der Waals surface area contributed by atoms with Crippen molar-refractivity contribution in [3.05, 3.63) is 87.6 Å². The Morgan fingerprint density at radius 2 is 1.87 bits per heavy atom. The van der Waals surface area contributed by atoms with Crippen LogP contribution in [0.15, 0.2) is 71.2 Å². The van der Waals surface area contributed by atoms with Crippen molar-refractivity contribution in [3.8, 4) is 0 Å². The van der Waals surface area contributed by atoms with Crippen LogP contribution in [0.3, 0.4) is 0 Å². The van der Waals surface area contributed by atoms with E-state index in [-0.39, 0.29) is 22.6 Å². The summed E-state index contributed by atoms with van der Waals surface area (Å²) in [6.45, 7) is 4.01. The van der Waals surface area contributed by atoms with Gasteiger partial charge in [-0.3, -0.25) is 14.5 Å². The minimum Gasteiger partial charge on any atom is -0.384 e. The van der Waals surface area contributed by atoms with E-state index >= 15 is 0 Å². The summed E-state index contributed by atoms with van der Waals surface area (Å²) < 4.78 is 14.1. The SMILES string of the molecule is CC1(C)CC(=O)C2=C(C1)N(c1cccc(Cl)c1)C(N)=C(C(N)=O)C2c1cccc(F)c1. The highest BCUT2D eigenvalue weighted by atomic mass is 35.5. The monoisotopic (exact) mass is 439 g/mol. The molecule has 1 unspecified atom stereocenters. The average Bonchev–Trinajstić information content (AvgIpc) is 2.65. The van der Waals surface area contributed by atoms with Crippen LogP contribution in [0.25, 0.3) is 0 Å². The quantitative estimate of drug-likeness (QED) is 0.742. The summed E-state index contributed by atoms with van der Waals surface area (Å²) in [6, 6.07) is 12.9. The Morgan fingerprint density at radius 3 is 2.52 bits per heavy atom. The number of halogens is 2. The fourth-order valence-electron chi connectivity index (χ4n) is 4.59. The molecule has 4 N–H and O–H groups in total. The number of carbonyl (C=O) groups is 2. The molecule has 1 amide bonds. The van der Waals surface area contributed by atoms with E-state index in [1.165, 1.54) is 12.1 Å². The predicted molar refractivity (Wildman–Crippen MR) is 119 cm³/mol. The van der Waals surface area contributed by atoms with Crippen LogP contribution in [-0.4, -0.2) is 11.7 Å². The molecule has 2 aromatic rings. The molecule has 160 valence electrons. The van der Waals surface area contributed by atoms with Crippen LogP contribution in [0.4, 0.5) is 10.1 Å². The Labute approximate surface area is 185 Å². The maximum atomic E-state index is 14.1. The maximum absolute atomic E-state index is 14.1. The summed E-state index contributed by atoms with van der Waals surface area (Å²) in [5.74, 6) is -2.06. The fourth-order valence-corrected chi connectivity index (χ4v) is 4.77. The smallest absolute Gasteiger partial charge is 0.249 e. The molecule has 0 saturated carbocycles. The Kier molecular flexibility index (Phi) is 5.13. The van der Waals surface area contributed by atoms with Crippen LogP contribution in [0.5, 0.6) is 0 Å². The minimum atomic E-state index is -0.831. The van der Waals surface area contributed by atoms with Gasteiger partial charge < -0.3 is 11.5 Å². The van der Waals surface area contributed by atoms with Crippen molar-refractivity contribution in [2.75, 3.05) is 4.90 Å². The molecule has 1 aliphatic carbocycles. The van der Waals surface area contributed by atoms with E-state index in [4.69, 9.17) is 23.1 Å². The number of hydrogen-bond donors (Lipinski definition) is 2. The van der Waals surface area contributed by atoms with Crippen molar-refractivity contribution in [1.82, 2.24) is 0 Å². The molecular formula is C24H23ClFN3O2. The molecule has 4 rings (SSSR count). The molecule has 1 heterocycles. The largest absolute Gasteiger partial charge is 0.384 e. The molecule has 0 fully saturated rings. The zero-order chi connectivity index (χ0) is 22.5. The van der Waals surface area contributed by atoms with E-state index in [1.54, 1.807) is 41.3 Å². The van der Waals surface area contributed by atoms with Crippen molar-refractivity contribution in [1.29, 1.82) is 0 Å². The average molecular weight is 440 g/mol. The van der Waals surface area contributed by atoms with Crippen LogP contribution in [0, 0.1) is 11.2 Å². The zero-order valence-electron chi connectivity index (χ0n) is 17.3. The highest BCUT2D eigenvalue weighted by Crippen LogP contribution is 2.50. The van der Waals surface area contributed by atoms with Crippen molar-refractivity contribution in [2.24, 2.45) is 16.9 Å². The fraction of sp³-hybridized carbons (Fsp3) is 0.250. The van der Waals surface area contributed by atoms with Crippen LogP contribution >= 0.6 is 11.6 Å².